The van der Waals surface area contributed by atoms with Crippen LogP contribution in [0, 0.1) is 5.92 Å². The lowest BCUT2D eigenvalue weighted by Crippen LogP contribution is -2.53. The van der Waals surface area contributed by atoms with E-state index in [1.807, 2.05) is 12.2 Å². The van der Waals surface area contributed by atoms with Gasteiger partial charge in [-0.1, -0.05) is 50.6 Å². The number of rotatable bonds is 6. The summed E-state index contributed by atoms with van der Waals surface area (Å²) in [6, 6.07) is 5.38. The first-order chi connectivity index (χ1) is 9.75. The minimum atomic E-state index is -4.51. The van der Waals surface area contributed by atoms with Gasteiger partial charge in [0.1, 0.15) is 6.04 Å². The van der Waals surface area contributed by atoms with Crippen LogP contribution in [0.25, 0.3) is 0 Å². The van der Waals surface area contributed by atoms with E-state index in [-0.39, 0.29) is 12.3 Å². The molecule has 0 radical (unpaired) electrons. The summed E-state index contributed by atoms with van der Waals surface area (Å²) >= 11 is 0. The Bertz CT molecular complexity index is 448. The fourth-order valence-electron chi connectivity index (χ4n) is 1.88. The van der Waals surface area contributed by atoms with Crippen molar-refractivity contribution in [3.63, 3.8) is 0 Å². The summed E-state index contributed by atoms with van der Waals surface area (Å²) in [5, 5.41) is 2.03. The monoisotopic (exact) mass is 302 g/mol. The predicted molar refractivity (Wildman–Crippen MR) is 75.6 cm³/mol. The Morgan fingerprint density at radius 3 is 2.33 bits per heavy atom. The molecule has 0 heterocycles. The van der Waals surface area contributed by atoms with Crippen LogP contribution in [0.3, 0.4) is 0 Å². The van der Waals surface area contributed by atoms with Crippen molar-refractivity contribution in [1.82, 2.24) is 5.32 Å². The van der Waals surface area contributed by atoms with Gasteiger partial charge < -0.3 is 11.1 Å². The Balaban J connectivity index is 2.78. The Kier molecular flexibility index (Phi) is 6.20. The van der Waals surface area contributed by atoms with Crippen LogP contribution in [-0.4, -0.2) is 24.2 Å². The topological polar surface area (TPSA) is 55.1 Å². The number of carbonyl (C=O) groups excluding carboxylic acids is 1. The van der Waals surface area contributed by atoms with E-state index in [2.05, 4.69) is 0 Å². The van der Waals surface area contributed by atoms with Crippen LogP contribution in [0.5, 0.6) is 0 Å². The Labute approximate surface area is 122 Å². The van der Waals surface area contributed by atoms with Crippen molar-refractivity contribution >= 4 is 5.91 Å². The van der Waals surface area contributed by atoms with Gasteiger partial charge in [-0.2, -0.15) is 13.2 Å². The third-order valence-corrected chi connectivity index (χ3v) is 3.55. The summed E-state index contributed by atoms with van der Waals surface area (Å²) in [6.45, 7) is 3.58. The van der Waals surface area contributed by atoms with Crippen LogP contribution >= 0.6 is 0 Å². The maximum Gasteiger partial charge on any atom is 0.408 e. The molecule has 0 aliphatic carbocycles. The van der Waals surface area contributed by atoms with Crippen LogP contribution in [-0.2, 0) is 11.2 Å². The molecule has 3 N–H and O–H groups in total. The van der Waals surface area contributed by atoms with Crippen molar-refractivity contribution in [2.75, 3.05) is 0 Å². The molecule has 1 rings (SSSR count). The van der Waals surface area contributed by atoms with Crippen LogP contribution in [0.1, 0.15) is 25.8 Å². The zero-order chi connectivity index (χ0) is 16.0. The SMILES string of the molecule is CCC(C)C(N)C(=O)NC(Cc1ccccc1)C(F)(F)F. The molecule has 0 spiro atoms. The lowest BCUT2D eigenvalue weighted by atomic mass is 9.98. The largest absolute Gasteiger partial charge is 0.408 e. The fraction of sp³-hybridized carbons (Fsp3) is 0.533. The van der Waals surface area contributed by atoms with Gasteiger partial charge in [0, 0.05) is 6.42 Å². The molecule has 0 aromatic heterocycles. The zero-order valence-corrected chi connectivity index (χ0v) is 12.2. The summed E-state index contributed by atoms with van der Waals surface area (Å²) in [4.78, 5) is 11.9. The van der Waals surface area contributed by atoms with Crippen LogP contribution < -0.4 is 11.1 Å². The summed E-state index contributed by atoms with van der Waals surface area (Å²) in [6.07, 6.45) is -4.19. The maximum atomic E-state index is 13.1. The minimum Gasteiger partial charge on any atom is -0.343 e. The highest BCUT2D eigenvalue weighted by Crippen LogP contribution is 2.23. The van der Waals surface area contributed by atoms with Crippen molar-refractivity contribution < 1.29 is 18.0 Å². The highest BCUT2D eigenvalue weighted by atomic mass is 19.4. The van der Waals surface area contributed by atoms with E-state index in [0.717, 1.165) is 0 Å². The van der Waals surface area contributed by atoms with E-state index in [0.29, 0.717) is 12.0 Å². The van der Waals surface area contributed by atoms with E-state index in [1.54, 1.807) is 37.3 Å². The second kappa shape index (κ2) is 7.45. The highest BCUT2D eigenvalue weighted by Gasteiger charge is 2.41. The third-order valence-electron chi connectivity index (χ3n) is 3.55. The molecule has 3 atom stereocenters. The Hall–Kier alpha value is -1.56. The van der Waals surface area contributed by atoms with Gasteiger partial charge >= 0.3 is 6.18 Å². The highest BCUT2D eigenvalue weighted by molar-refractivity contribution is 5.82. The van der Waals surface area contributed by atoms with Gasteiger partial charge in [0.25, 0.3) is 0 Å². The normalized spacial score (nSPS) is 16.1. The molecule has 3 nitrogen and oxygen atoms in total. The van der Waals surface area contributed by atoms with Gasteiger partial charge in [-0.15, -0.1) is 0 Å². The molecule has 0 bridgehead atoms. The number of carbonyl (C=O) groups is 1. The molecule has 6 heteroatoms. The molecule has 1 aromatic carbocycles. The van der Waals surface area contributed by atoms with E-state index < -0.39 is 24.2 Å². The smallest absolute Gasteiger partial charge is 0.343 e. The number of nitrogens with one attached hydrogen (secondary N) is 1. The van der Waals surface area contributed by atoms with Gasteiger partial charge in [-0.25, -0.2) is 0 Å². The molecule has 3 unspecified atom stereocenters. The van der Waals surface area contributed by atoms with Crippen molar-refractivity contribution in [2.24, 2.45) is 11.7 Å². The molecular weight excluding hydrogens is 281 g/mol. The molecule has 0 aliphatic rings. The second-order valence-electron chi connectivity index (χ2n) is 5.20. The van der Waals surface area contributed by atoms with Crippen LogP contribution in [0.4, 0.5) is 13.2 Å². The van der Waals surface area contributed by atoms with Gasteiger partial charge in [0.2, 0.25) is 5.91 Å². The Morgan fingerprint density at radius 2 is 1.86 bits per heavy atom. The quantitative estimate of drug-likeness (QED) is 0.849. The van der Waals surface area contributed by atoms with E-state index in [1.165, 1.54) is 0 Å². The molecule has 0 saturated carbocycles. The molecule has 1 amide bonds. The van der Waals surface area contributed by atoms with Gasteiger partial charge in [0.05, 0.1) is 6.04 Å². The molecule has 118 valence electrons. The summed E-state index contributed by atoms with van der Waals surface area (Å²) < 4.78 is 39.2. The molecule has 0 aliphatic heterocycles. The van der Waals surface area contributed by atoms with Crippen molar-refractivity contribution in [1.29, 1.82) is 0 Å². The first kappa shape index (κ1) is 17.5. The number of alkyl halides is 3. The molecule has 0 saturated heterocycles. The van der Waals surface area contributed by atoms with Crippen molar-refractivity contribution in [3.05, 3.63) is 35.9 Å². The summed E-state index contributed by atoms with van der Waals surface area (Å²) in [5.41, 5.74) is 6.19. The fourth-order valence-corrected chi connectivity index (χ4v) is 1.88. The Morgan fingerprint density at radius 1 is 1.29 bits per heavy atom. The number of hydrogen-bond acceptors (Lipinski definition) is 2. The standard InChI is InChI=1S/C15H21F3N2O/c1-3-10(2)13(19)14(21)20-12(15(16,17)18)9-11-7-5-4-6-8-11/h4-8,10,12-13H,3,9,19H2,1-2H3,(H,20,21). The first-order valence-electron chi connectivity index (χ1n) is 6.92. The van der Waals surface area contributed by atoms with E-state index in [4.69, 9.17) is 5.73 Å². The van der Waals surface area contributed by atoms with Crippen molar-refractivity contribution in [3.8, 4) is 0 Å². The average Bonchev–Trinajstić information content (AvgIpc) is 2.44. The number of hydrogen-bond donors (Lipinski definition) is 2. The number of halogens is 3. The number of amides is 1. The number of benzene rings is 1. The van der Waals surface area contributed by atoms with Gasteiger partial charge in [-0.3, -0.25) is 4.79 Å². The first-order valence-corrected chi connectivity index (χ1v) is 6.92. The second-order valence-corrected chi connectivity index (χ2v) is 5.20. The maximum absolute atomic E-state index is 13.1. The third kappa shape index (κ3) is 5.38. The van der Waals surface area contributed by atoms with E-state index >= 15 is 0 Å². The van der Waals surface area contributed by atoms with Crippen molar-refractivity contribution in [2.45, 2.75) is 44.9 Å². The lowest BCUT2D eigenvalue weighted by Gasteiger charge is -2.25. The lowest BCUT2D eigenvalue weighted by molar-refractivity contribution is -0.162. The molecular formula is C15H21F3N2O. The predicted octanol–water partition coefficient (Wildman–Crippen LogP) is 2.65. The zero-order valence-electron chi connectivity index (χ0n) is 12.2. The molecule has 21 heavy (non-hydrogen) atoms. The summed E-state index contributed by atoms with van der Waals surface area (Å²) in [5.74, 6) is -0.932. The summed E-state index contributed by atoms with van der Waals surface area (Å²) in [7, 11) is 0. The molecule has 0 fully saturated rings. The average molecular weight is 302 g/mol. The van der Waals surface area contributed by atoms with Gasteiger partial charge in [-0.05, 0) is 11.5 Å². The van der Waals surface area contributed by atoms with Gasteiger partial charge in [0.15, 0.2) is 0 Å². The van der Waals surface area contributed by atoms with E-state index in [9.17, 15) is 18.0 Å². The van der Waals surface area contributed by atoms with Crippen LogP contribution in [0.2, 0.25) is 0 Å². The minimum absolute atomic E-state index is 0.171. The van der Waals surface area contributed by atoms with Crippen LogP contribution in [0.15, 0.2) is 30.3 Å². The molecule has 1 aromatic rings. The number of nitrogens with two attached hydrogens (primary N) is 1.